The van der Waals surface area contributed by atoms with Crippen LogP contribution in [0, 0.1) is 0 Å². The van der Waals surface area contributed by atoms with Crippen molar-refractivity contribution >= 4 is 12.9 Å². The van der Waals surface area contributed by atoms with Crippen LogP contribution in [0.15, 0.2) is 0 Å². The molecule has 0 fully saturated rings. The molecule has 0 heterocycles. The van der Waals surface area contributed by atoms with E-state index in [-0.39, 0.29) is 0 Å². The van der Waals surface area contributed by atoms with Crippen molar-refractivity contribution in [3.8, 4) is 0 Å². The number of rotatable bonds is 4. The Balaban J connectivity index is 5.08. The highest BCUT2D eigenvalue weighted by Crippen LogP contribution is 2.54. The third kappa shape index (κ3) is 6.55. The van der Waals surface area contributed by atoms with Gasteiger partial charge in [0.05, 0.1) is 6.61 Å². The van der Waals surface area contributed by atoms with E-state index in [1.807, 2.05) is 0 Å². The average Bonchev–Trinajstić information content (AvgIpc) is 1.96. The Hall–Kier alpha value is -0.720. The van der Waals surface area contributed by atoms with Crippen LogP contribution >= 0.6 is 7.14 Å². The van der Waals surface area contributed by atoms with Crippen LogP contribution in [0.1, 0.15) is 6.92 Å². The summed E-state index contributed by atoms with van der Waals surface area (Å²) in [6.07, 6.45) is -14.9. The molecule has 0 aliphatic rings. The predicted molar refractivity (Wildman–Crippen MR) is 46.5 cm³/mol. The molecule has 0 aromatic carbocycles. The third-order valence-electron chi connectivity index (χ3n) is 1.47. The molecule has 17 heavy (non-hydrogen) atoms. The largest absolute Gasteiger partial charge is 0.461 e. The summed E-state index contributed by atoms with van der Waals surface area (Å²) in [5.41, 5.74) is -1.94. The lowest BCUT2D eigenvalue weighted by Crippen LogP contribution is -2.26. The minimum Gasteiger partial charge on any atom is -0.461 e. The fourth-order valence-electron chi connectivity index (χ4n) is 1.01. The molecule has 0 rings (SSSR count). The minimum absolute atomic E-state index is 0.446. The van der Waals surface area contributed by atoms with Gasteiger partial charge in [0.2, 0.25) is 7.14 Å². The molecule has 102 valence electrons. The molecule has 0 aromatic heterocycles. The molecule has 3 nitrogen and oxygen atoms in total. The SMILES string of the molecule is CCOC(=O)P(=O)(CC(F)(F)F)CC(F)(F)F. The fraction of sp³-hybridized carbons (Fsp3) is 0.857. The Labute approximate surface area is 92.5 Å². The third-order valence-corrected chi connectivity index (χ3v) is 4.00. The quantitative estimate of drug-likeness (QED) is 0.585. The molecule has 0 bridgehead atoms. The van der Waals surface area contributed by atoms with Crippen LogP contribution in [-0.2, 0) is 9.30 Å². The monoisotopic (exact) mass is 286 g/mol. The van der Waals surface area contributed by atoms with Crippen molar-refractivity contribution < 1.29 is 40.4 Å². The Morgan fingerprint density at radius 3 is 1.65 bits per heavy atom. The first-order valence-electron chi connectivity index (χ1n) is 4.28. The Kier molecular flexibility index (Phi) is 5.06. The van der Waals surface area contributed by atoms with Gasteiger partial charge in [-0.2, -0.15) is 26.3 Å². The molecule has 0 saturated carbocycles. The second-order valence-electron chi connectivity index (χ2n) is 3.13. The lowest BCUT2D eigenvalue weighted by molar-refractivity contribution is -0.112. The predicted octanol–water partition coefficient (Wildman–Crippen LogP) is 3.63. The van der Waals surface area contributed by atoms with Gasteiger partial charge in [-0.15, -0.1) is 0 Å². The smallest absolute Gasteiger partial charge is 0.396 e. The molecule has 0 spiro atoms. The summed E-state index contributed by atoms with van der Waals surface area (Å²) in [5, 5.41) is 0. The van der Waals surface area contributed by atoms with Gasteiger partial charge >= 0.3 is 18.1 Å². The molecule has 0 aliphatic carbocycles. The summed E-state index contributed by atoms with van der Waals surface area (Å²) in [5.74, 6) is 0. The van der Waals surface area contributed by atoms with E-state index in [0.29, 0.717) is 0 Å². The van der Waals surface area contributed by atoms with E-state index < -0.39 is 44.1 Å². The van der Waals surface area contributed by atoms with Gasteiger partial charge in [-0.1, -0.05) is 0 Å². The molecular weight excluding hydrogens is 277 g/mol. The number of hydrogen-bond acceptors (Lipinski definition) is 3. The van der Waals surface area contributed by atoms with Crippen molar-refractivity contribution in [2.75, 3.05) is 18.9 Å². The molecule has 10 heteroatoms. The van der Waals surface area contributed by atoms with Crippen molar-refractivity contribution in [2.24, 2.45) is 0 Å². The molecule has 0 aliphatic heterocycles. The lowest BCUT2D eigenvalue weighted by Gasteiger charge is -2.19. The number of carbonyl (C=O) groups excluding carboxylic acids is 1. The maximum absolute atomic E-state index is 12.0. The summed E-state index contributed by atoms with van der Waals surface area (Å²) in [6, 6.07) is 0. The number of ether oxygens (including phenoxy) is 1. The Morgan fingerprint density at radius 1 is 1.06 bits per heavy atom. The summed E-state index contributed by atoms with van der Waals surface area (Å²) in [4.78, 5) is 10.9. The van der Waals surface area contributed by atoms with Crippen molar-refractivity contribution in [3.05, 3.63) is 0 Å². The zero-order valence-corrected chi connectivity index (χ0v) is 9.46. The first kappa shape index (κ1) is 16.3. The molecule has 0 amide bonds. The average molecular weight is 286 g/mol. The first-order valence-corrected chi connectivity index (χ1v) is 6.36. The number of hydrogen-bond donors (Lipinski definition) is 0. The van der Waals surface area contributed by atoms with E-state index in [0.717, 1.165) is 0 Å². The summed E-state index contributed by atoms with van der Waals surface area (Å²) < 4.78 is 87.3. The lowest BCUT2D eigenvalue weighted by atomic mass is 10.8. The van der Waals surface area contributed by atoms with Gasteiger partial charge in [0, 0.05) is 0 Å². The molecule has 0 aromatic rings. The van der Waals surface area contributed by atoms with Gasteiger partial charge in [-0.05, 0) is 6.92 Å². The van der Waals surface area contributed by atoms with Gasteiger partial charge in [0.1, 0.15) is 12.3 Å². The highest BCUT2D eigenvalue weighted by molar-refractivity contribution is 7.80. The van der Waals surface area contributed by atoms with E-state index in [9.17, 15) is 35.7 Å². The van der Waals surface area contributed by atoms with Gasteiger partial charge in [0.15, 0.2) is 0 Å². The summed E-state index contributed by atoms with van der Waals surface area (Å²) in [6.45, 7) is 0.738. The van der Waals surface area contributed by atoms with E-state index in [4.69, 9.17) is 0 Å². The summed E-state index contributed by atoms with van der Waals surface area (Å²) in [7, 11) is -5.18. The second kappa shape index (κ2) is 5.29. The van der Waals surface area contributed by atoms with E-state index >= 15 is 0 Å². The number of alkyl halides is 6. The first-order chi connectivity index (χ1) is 7.40. The van der Waals surface area contributed by atoms with E-state index in [1.54, 1.807) is 0 Å². The van der Waals surface area contributed by atoms with Crippen LogP contribution in [0.25, 0.3) is 0 Å². The van der Waals surface area contributed by atoms with E-state index in [2.05, 4.69) is 4.74 Å². The topological polar surface area (TPSA) is 43.4 Å². The number of halogens is 6. The van der Waals surface area contributed by atoms with Crippen molar-refractivity contribution in [2.45, 2.75) is 19.3 Å². The maximum atomic E-state index is 12.0. The van der Waals surface area contributed by atoms with Crippen LogP contribution in [0.2, 0.25) is 0 Å². The molecule has 0 saturated heterocycles. The zero-order valence-electron chi connectivity index (χ0n) is 8.56. The van der Waals surface area contributed by atoms with Crippen molar-refractivity contribution in [1.82, 2.24) is 0 Å². The van der Waals surface area contributed by atoms with Crippen LogP contribution in [-0.4, -0.2) is 37.0 Å². The highest BCUT2D eigenvalue weighted by Gasteiger charge is 2.51. The van der Waals surface area contributed by atoms with Crippen LogP contribution < -0.4 is 0 Å². The maximum Gasteiger partial charge on any atom is 0.396 e. The highest BCUT2D eigenvalue weighted by atomic mass is 31.2. The molecule has 0 unspecified atom stereocenters. The van der Waals surface area contributed by atoms with Gasteiger partial charge in [0.25, 0.3) is 0 Å². The van der Waals surface area contributed by atoms with Crippen LogP contribution in [0.5, 0.6) is 0 Å². The number of carbonyl (C=O) groups is 1. The summed E-state index contributed by atoms with van der Waals surface area (Å²) >= 11 is 0. The van der Waals surface area contributed by atoms with E-state index in [1.165, 1.54) is 6.92 Å². The molecular formula is C7H9F6O3P. The Morgan fingerprint density at radius 2 is 1.41 bits per heavy atom. The van der Waals surface area contributed by atoms with Gasteiger partial charge < -0.3 is 9.30 Å². The van der Waals surface area contributed by atoms with Gasteiger partial charge in [-0.25, -0.2) is 4.79 Å². The Bertz CT molecular complexity index is 301. The molecule has 0 atom stereocenters. The zero-order chi connectivity index (χ0) is 13.9. The molecule has 0 N–H and O–H groups in total. The normalized spacial score (nSPS) is 13.6. The van der Waals surface area contributed by atoms with Gasteiger partial charge in [-0.3, -0.25) is 0 Å². The standard InChI is InChI=1S/C7H9F6O3P/c1-2-16-5(14)17(15,3-6(8,9)10)4-7(11,12)13/h2-4H2,1H3. The van der Waals surface area contributed by atoms with Crippen molar-refractivity contribution in [3.63, 3.8) is 0 Å². The fourth-order valence-corrected chi connectivity index (χ4v) is 2.90. The van der Waals surface area contributed by atoms with Crippen LogP contribution in [0.4, 0.5) is 31.1 Å². The molecule has 0 radical (unpaired) electrons. The second-order valence-corrected chi connectivity index (χ2v) is 5.91. The van der Waals surface area contributed by atoms with Crippen molar-refractivity contribution in [1.29, 1.82) is 0 Å². The van der Waals surface area contributed by atoms with Crippen LogP contribution in [0.3, 0.4) is 0 Å². The minimum atomic E-state index is -5.18.